The van der Waals surface area contributed by atoms with Crippen molar-refractivity contribution in [2.24, 2.45) is 0 Å². The molecule has 0 unspecified atom stereocenters. The van der Waals surface area contributed by atoms with Gasteiger partial charge < -0.3 is 31.3 Å². The van der Waals surface area contributed by atoms with E-state index < -0.39 is 0 Å². The van der Waals surface area contributed by atoms with Crippen LogP contribution in [0.25, 0.3) is 0 Å². The second-order valence-corrected chi connectivity index (χ2v) is 14.0. The van der Waals surface area contributed by atoms with Gasteiger partial charge in [-0.1, -0.05) is 83.4 Å². The Morgan fingerprint density at radius 2 is 1.08 bits per heavy atom. The molecule has 0 radical (unpaired) electrons. The van der Waals surface area contributed by atoms with E-state index in [1.807, 2.05) is 16.8 Å². The number of hydrogen-bond acceptors (Lipinski definition) is 3. The van der Waals surface area contributed by atoms with Crippen molar-refractivity contribution in [2.45, 2.75) is 120 Å². The van der Waals surface area contributed by atoms with Crippen molar-refractivity contribution in [3.05, 3.63) is 58.7 Å². The van der Waals surface area contributed by atoms with Gasteiger partial charge in [-0.05, 0) is 108 Å². The van der Waals surface area contributed by atoms with Gasteiger partial charge in [-0.25, -0.2) is 0 Å². The normalized spacial score (nSPS) is 11.5. The van der Waals surface area contributed by atoms with Crippen LogP contribution in [0.1, 0.15) is 114 Å². The maximum absolute atomic E-state index is 13.7. The summed E-state index contributed by atoms with van der Waals surface area (Å²) < 4.78 is 0.892. The van der Waals surface area contributed by atoms with Gasteiger partial charge in [0.15, 0.2) is 6.54 Å². The highest BCUT2D eigenvalue weighted by Gasteiger charge is 2.31. The third-order valence-corrected chi connectivity index (χ3v) is 9.77. The van der Waals surface area contributed by atoms with E-state index in [9.17, 15) is 9.59 Å². The number of amides is 2. The molecule has 6 nitrogen and oxygen atoms in total. The number of carbonyl (C=O) groups excluding carboxylic acids is 2. The number of hydrogen-bond donors (Lipinski definition) is 0. The van der Waals surface area contributed by atoms with E-state index in [2.05, 4.69) is 96.7 Å². The molecule has 0 aliphatic heterocycles. The maximum Gasteiger partial charge on any atom is 0.281 e. The van der Waals surface area contributed by atoms with Crippen LogP contribution in [0.5, 0.6) is 0 Å². The molecule has 0 aromatic heterocycles. The van der Waals surface area contributed by atoms with Crippen LogP contribution < -0.4 is 26.8 Å². The van der Waals surface area contributed by atoms with Crippen molar-refractivity contribution in [3.8, 4) is 0 Å². The Labute approximate surface area is 305 Å². The summed E-state index contributed by atoms with van der Waals surface area (Å²) in [7, 11) is 1.95. The van der Waals surface area contributed by atoms with E-state index in [1.165, 1.54) is 30.4 Å². The minimum absolute atomic E-state index is 0. The topological polar surface area (TPSA) is 43.9 Å². The van der Waals surface area contributed by atoms with Crippen molar-refractivity contribution in [2.75, 3.05) is 69.2 Å². The second kappa shape index (κ2) is 23.2. The molecule has 0 N–H and O–H groups in total. The quantitative estimate of drug-likeness (QED) is 0.104. The van der Waals surface area contributed by atoms with Gasteiger partial charge in [0.05, 0.1) is 26.2 Å². The Morgan fingerprint density at radius 1 is 0.583 bits per heavy atom. The van der Waals surface area contributed by atoms with Crippen LogP contribution >= 0.6 is 0 Å². The summed E-state index contributed by atoms with van der Waals surface area (Å²) in [6.45, 7) is 24.3. The Hall–Kier alpha value is -2.22. The lowest BCUT2D eigenvalue weighted by atomic mass is 10.1. The number of rotatable bonds is 23. The van der Waals surface area contributed by atoms with E-state index in [0.717, 1.165) is 111 Å². The van der Waals surface area contributed by atoms with Crippen molar-refractivity contribution in [1.29, 1.82) is 0 Å². The van der Waals surface area contributed by atoms with Gasteiger partial charge in [-0.3, -0.25) is 14.5 Å². The molecule has 0 atom stereocenters. The molecule has 2 rings (SSSR count). The van der Waals surface area contributed by atoms with Gasteiger partial charge in [0.25, 0.3) is 5.91 Å². The molecule has 48 heavy (non-hydrogen) atoms. The minimum atomic E-state index is 0. The highest BCUT2D eigenvalue weighted by atomic mass is 79.9. The first-order chi connectivity index (χ1) is 22.5. The molecule has 0 saturated heterocycles. The summed E-state index contributed by atoms with van der Waals surface area (Å²) in [6.07, 6.45) is 11.2. The Balaban J connectivity index is 0.0000115. The summed E-state index contributed by atoms with van der Waals surface area (Å²) in [6, 6.07) is 12.6. The Bertz CT molecular complexity index is 1190. The number of carbonyl (C=O) groups is 2. The smallest absolute Gasteiger partial charge is 0.281 e. The second-order valence-electron chi connectivity index (χ2n) is 14.0. The molecule has 0 bridgehead atoms. The number of nitrogens with zero attached hydrogens (tertiary/aromatic N) is 4. The molecule has 0 heterocycles. The predicted octanol–water partition coefficient (Wildman–Crippen LogP) is 6.02. The zero-order valence-electron chi connectivity index (χ0n) is 32.2. The van der Waals surface area contributed by atoms with Gasteiger partial charge in [-0.15, -0.1) is 0 Å². The van der Waals surface area contributed by atoms with Crippen LogP contribution in [0.2, 0.25) is 0 Å². The van der Waals surface area contributed by atoms with Gasteiger partial charge in [0.2, 0.25) is 5.91 Å². The van der Waals surface area contributed by atoms with E-state index in [-0.39, 0.29) is 28.8 Å². The number of para-hydroxylation sites is 2. The summed E-state index contributed by atoms with van der Waals surface area (Å²) in [5.41, 5.74) is 6.80. The fourth-order valence-electron chi connectivity index (χ4n) is 7.43. The summed E-state index contributed by atoms with van der Waals surface area (Å²) in [4.78, 5) is 33.7. The van der Waals surface area contributed by atoms with E-state index in [0.29, 0.717) is 13.1 Å². The van der Waals surface area contributed by atoms with Crippen LogP contribution in [0.3, 0.4) is 0 Å². The van der Waals surface area contributed by atoms with Crippen molar-refractivity contribution in [3.63, 3.8) is 0 Å². The summed E-state index contributed by atoms with van der Waals surface area (Å²) in [5.74, 6) is 0.445. The van der Waals surface area contributed by atoms with E-state index in [4.69, 9.17) is 0 Å². The van der Waals surface area contributed by atoms with Crippen LogP contribution in [-0.4, -0.2) is 80.6 Å². The number of likely N-dealkylation sites (N-methyl/N-ethyl adjacent to an activating group) is 1. The molecule has 7 heteroatoms. The Morgan fingerprint density at radius 3 is 1.60 bits per heavy atom. The molecular weight excluding hydrogens is 660 g/mol. The monoisotopic (exact) mass is 728 g/mol. The minimum Gasteiger partial charge on any atom is -1.00 e. The molecule has 0 saturated carbocycles. The van der Waals surface area contributed by atoms with Gasteiger partial charge in [-0.2, -0.15) is 0 Å². The number of quaternary nitrogens is 1. The molecule has 2 aromatic rings. The first kappa shape index (κ1) is 43.8. The molecule has 0 fully saturated rings. The number of anilines is 2. The number of aryl methyl sites for hydroxylation is 4. The molecule has 2 aromatic carbocycles. The molecular formula is C41H69BrN4O2. The fourth-order valence-corrected chi connectivity index (χ4v) is 7.43. The van der Waals surface area contributed by atoms with Gasteiger partial charge >= 0.3 is 0 Å². The lowest BCUT2D eigenvalue weighted by Crippen LogP contribution is -3.00. The molecule has 0 aliphatic rings. The van der Waals surface area contributed by atoms with Crippen LogP contribution in [0.15, 0.2) is 36.4 Å². The highest BCUT2D eigenvalue weighted by Crippen LogP contribution is 2.26. The number of benzene rings is 2. The van der Waals surface area contributed by atoms with Crippen molar-refractivity contribution >= 4 is 23.2 Å². The summed E-state index contributed by atoms with van der Waals surface area (Å²) >= 11 is 0. The number of halogens is 1. The lowest BCUT2D eigenvalue weighted by Gasteiger charge is -2.39. The largest absolute Gasteiger partial charge is 1.00 e. The predicted molar refractivity (Wildman–Crippen MR) is 203 cm³/mol. The first-order valence-corrected chi connectivity index (χ1v) is 18.8. The van der Waals surface area contributed by atoms with Gasteiger partial charge in [0, 0.05) is 25.0 Å². The first-order valence-electron chi connectivity index (χ1n) is 18.8. The van der Waals surface area contributed by atoms with E-state index in [1.54, 1.807) is 0 Å². The molecule has 272 valence electrons. The average Bonchev–Trinajstić information content (AvgIpc) is 3.02. The van der Waals surface area contributed by atoms with Crippen molar-refractivity contribution in [1.82, 2.24) is 4.90 Å². The zero-order chi connectivity index (χ0) is 34.8. The van der Waals surface area contributed by atoms with Gasteiger partial charge in [0.1, 0.15) is 0 Å². The van der Waals surface area contributed by atoms with Crippen LogP contribution in [0, 0.1) is 27.7 Å². The molecule has 0 aliphatic carbocycles. The van der Waals surface area contributed by atoms with Crippen molar-refractivity contribution < 1.29 is 31.1 Å². The zero-order valence-corrected chi connectivity index (χ0v) is 33.8. The standard InChI is InChI=1S/C41H69N4O2.BrH/c1-10-14-27-43(32-38(46)44(26-11-2)41-36(7)24-21-25-37(41)8)28-18-16-15-17-19-31-45(29-12-3,30-13-4)33-39(47)42(9)40-34(5)22-20-23-35(40)6;/h20-25H,10-19,26-33H2,1-9H3;1H/q+1;/p-1. The molecule has 0 spiro atoms. The molecule has 2 amide bonds. The van der Waals surface area contributed by atoms with E-state index >= 15 is 0 Å². The van der Waals surface area contributed by atoms with Crippen LogP contribution in [-0.2, 0) is 9.59 Å². The van der Waals surface area contributed by atoms with Crippen LogP contribution in [0.4, 0.5) is 11.4 Å². The third kappa shape index (κ3) is 13.6. The fraction of sp³-hybridized carbons (Fsp3) is 0.659. The Kier molecular flexibility index (Phi) is 21.2. The summed E-state index contributed by atoms with van der Waals surface area (Å²) in [5, 5.41) is 0. The third-order valence-electron chi connectivity index (χ3n) is 9.77. The number of unbranched alkanes of at least 4 members (excludes halogenated alkanes) is 5. The highest BCUT2D eigenvalue weighted by molar-refractivity contribution is 5.96. The maximum atomic E-state index is 13.7. The average molecular weight is 730 g/mol. The SMILES string of the molecule is CCCCN(CCCCCCC[N+](CCC)(CCC)CC(=O)N(C)c1c(C)cccc1C)CC(=O)N(CCC)c1c(C)cccc1C.[Br-]. The lowest BCUT2D eigenvalue weighted by molar-refractivity contribution is -0.921.